The molecule has 0 N–H and O–H groups in total. The van der Waals surface area contributed by atoms with Crippen molar-refractivity contribution in [3.05, 3.63) is 53.7 Å². The maximum Gasteiger partial charge on any atom is 0.219 e. The van der Waals surface area contributed by atoms with Crippen LogP contribution in [-0.2, 0) is 24.4 Å². The van der Waals surface area contributed by atoms with Crippen molar-refractivity contribution < 1.29 is 14.0 Å². The number of amides is 1. The maximum absolute atomic E-state index is 13.5. The minimum atomic E-state index is -0.295. The molecule has 0 bridgehead atoms. The Morgan fingerprint density at radius 1 is 1.14 bits per heavy atom. The standard InChI is InChI=1S/C21H20FN5O2/c1-13(28)26-9-10-27-18(12-26)19(20(24-27)14-3-5-15(22)6-4-14)16-7-8-23-17-11-25(2)29-21(16)17/h3-8H,9-12H2,1-2H3. The van der Waals surface area contributed by atoms with E-state index in [0.29, 0.717) is 31.9 Å². The maximum atomic E-state index is 13.5. The summed E-state index contributed by atoms with van der Waals surface area (Å²) in [5.74, 6) is 0.438. The number of halogens is 1. The number of pyridine rings is 1. The van der Waals surface area contributed by atoms with Crippen LogP contribution in [0.5, 0.6) is 5.75 Å². The molecule has 0 atom stereocenters. The smallest absolute Gasteiger partial charge is 0.219 e. The van der Waals surface area contributed by atoms with Gasteiger partial charge in [0.25, 0.3) is 0 Å². The molecule has 0 fully saturated rings. The summed E-state index contributed by atoms with van der Waals surface area (Å²) in [5, 5.41) is 6.56. The Labute approximate surface area is 167 Å². The van der Waals surface area contributed by atoms with Crippen molar-refractivity contribution in [2.45, 2.75) is 26.6 Å². The number of hydrogen-bond acceptors (Lipinski definition) is 5. The minimum absolute atomic E-state index is 0.0303. The highest BCUT2D eigenvalue weighted by Gasteiger charge is 2.31. The number of carbonyl (C=O) groups is 1. The first kappa shape index (κ1) is 17.8. The van der Waals surface area contributed by atoms with Gasteiger partial charge < -0.3 is 9.74 Å². The van der Waals surface area contributed by atoms with Gasteiger partial charge in [-0.3, -0.25) is 14.5 Å². The van der Waals surface area contributed by atoms with Crippen molar-refractivity contribution in [3.63, 3.8) is 0 Å². The summed E-state index contributed by atoms with van der Waals surface area (Å²) in [7, 11) is 1.86. The van der Waals surface area contributed by atoms with E-state index < -0.39 is 0 Å². The quantitative estimate of drug-likeness (QED) is 0.670. The lowest BCUT2D eigenvalue weighted by atomic mass is 9.97. The molecule has 0 saturated carbocycles. The second-order valence-electron chi connectivity index (χ2n) is 7.35. The average Bonchev–Trinajstić information content (AvgIpc) is 3.27. The minimum Gasteiger partial charge on any atom is -0.403 e. The number of benzene rings is 1. The van der Waals surface area contributed by atoms with E-state index in [1.54, 1.807) is 30.3 Å². The van der Waals surface area contributed by atoms with Crippen molar-refractivity contribution in [1.82, 2.24) is 24.7 Å². The van der Waals surface area contributed by atoms with Crippen LogP contribution >= 0.6 is 0 Å². The predicted octanol–water partition coefficient (Wildman–Crippen LogP) is 2.85. The highest BCUT2D eigenvalue weighted by atomic mass is 19.1. The molecule has 5 rings (SSSR count). The van der Waals surface area contributed by atoms with Crippen LogP contribution < -0.4 is 4.84 Å². The van der Waals surface area contributed by atoms with E-state index >= 15 is 0 Å². The molecule has 0 aliphatic carbocycles. The van der Waals surface area contributed by atoms with Crippen LogP contribution in [0.3, 0.4) is 0 Å². The van der Waals surface area contributed by atoms with Gasteiger partial charge in [-0.2, -0.15) is 5.10 Å². The van der Waals surface area contributed by atoms with Gasteiger partial charge in [-0.1, -0.05) is 0 Å². The summed E-state index contributed by atoms with van der Waals surface area (Å²) >= 11 is 0. The Hall–Kier alpha value is -3.26. The molecule has 2 aliphatic heterocycles. The molecule has 0 unspecified atom stereocenters. The third-order valence-corrected chi connectivity index (χ3v) is 5.41. The summed E-state index contributed by atoms with van der Waals surface area (Å²) in [6.07, 6.45) is 1.76. The molecule has 7 nitrogen and oxygen atoms in total. The van der Waals surface area contributed by atoms with Gasteiger partial charge in [0.2, 0.25) is 5.91 Å². The van der Waals surface area contributed by atoms with E-state index in [1.165, 1.54) is 12.1 Å². The third-order valence-electron chi connectivity index (χ3n) is 5.41. The van der Waals surface area contributed by atoms with Gasteiger partial charge in [-0.05, 0) is 30.3 Å². The van der Waals surface area contributed by atoms with Crippen LogP contribution in [-0.4, -0.2) is 44.2 Å². The largest absolute Gasteiger partial charge is 0.403 e. The van der Waals surface area contributed by atoms with Crippen LogP contribution in [0.1, 0.15) is 18.3 Å². The number of rotatable bonds is 2. The summed E-state index contributed by atoms with van der Waals surface area (Å²) in [6.45, 7) is 3.86. The van der Waals surface area contributed by atoms with E-state index in [0.717, 1.165) is 33.8 Å². The molecule has 1 amide bonds. The van der Waals surface area contributed by atoms with Gasteiger partial charge in [0.15, 0.2) is 5.75 Å². The van der Waals surface area contributed by atoms with E-state index in [4.69, 9.17) is 9.94 Å². The molecular formula is C21H20FN5O2. The number of nitrogens with zero attached hydrogens (tertiary/aromatic N) is 5. The summed E-state index contributed by atoms with van der Waals surface area (Å²) in [5.41, 5.74) is 5.14. The van der Waals surface area contributed by atoms with Gasteiger partial charge >= 0.3 is 0 Å². The lowest BCUT2D eigenvalue weighted by molar-refractivity contribution is -0.130. The molecule has 0 radical (unpaired) electrons. The van der Waals surface area contributed by atoms with Gasteiger partial charge in [-0.25, -0.2) is 4.39 Å². The molecule has 2 aliphatic rings. The molecule has 1 aromatic carbocycles. The molecule has 4 heterocycles. The zero-order valence-corrected chi connectivity index (χ0v) is 16.2. The molecular weight excluding hydrogens is 373 g/mol. The van der Waals surface area contributed by atoms with Crippen LogP contribution in [0, 0.1) is 5.82 Å². The number of hydroxylamine groups is 2. The zero-order chi connectivity index (χ0) is 20.1. The second kappa shape index (κ2) is 6.66. The Morgan fingerprint density at radius 3 is 2.69 bits per heavy atom. The molecule has 2 aromatic heterocycles. The van der Waals surface area contributed by atoms with Crippen molar-refractivity contribution in [1.29, 1.82) is 0 Å². The van der Waals surface area contributed by atoms with Crippen LogP contribution in [0.25, 0.3) is 22.4 Å². The average molecular weight is 393 g/mol. The summed E-state index contributed by atoms with van der Waals surface area (Å²) < 4.78 is 15.5. The van der Waals surface area contributed by atoms with Crippen molar-refractivity contribution in [3.8, 4) is 28.1 Å². The Morgan fingerprint density at radius 2 is 1.93 bits per heavy atom. The van der Waals surface area contributed by atoms with E-state index in [1.807, 2.05) is 22.7 Å². The van der Waals surface area contributed by atoms with E-state index in [2.05, 4.69) is 4.98 Å². The van der Waals surface area contributed by atoms with Crippen molar-refractivity contribution in [2.24, 2.45) is 0 Å². The molecule has 148 valence electrons. The molecule has 29 heavy (non-hydrogen) atoms. The predicted molar refractivity (Wildman–Crippen MR) is 104 cm³/mol. The van der Waals surface area contributed by atoms with Crippen molar-refractivity contribution >= 4 is 5.91 Å². The third kappa shape index (κ3) is 2.96. The van der Waals surface area contributed by atoms with Crippen LogP contribution in [0.4, 0.5) is 4.39 Å². The lowest BCUT2D eigenvalue weighted by Gasteiger charge is -2.27. The van der Waals surface area contributed by atoms with E-state index in [9.17, 15) is 9.18 Å². The number of fused-ring (bicyclic) bond motifs is 2. The van der Waals surface area contributed by atoms with Crippen LogP contribution in [0.2, 0.25) is 0 Å². The fourth-order valence-electron chi connectivity index (χ4n) is 3.98. The van der Waals surface area contributed by atoms with Crippen molar-refractivity contribution in [2.75, 3.05) is 13.6 Å². The monoisotopic (exact) mass is 393 g/mol. The summed E-state index contributed by atoms with van der Waals surface area (Å²) in [4.78, 5) is 24.2. The summed E-state index contributed by atoms with van der Waals surface area (Å²) in [6, 6.07) is 8.23. The molecule has 0 saturated heterocycles. The highest BCUT2D eigenvalue weighted by molar-refractivity contribution is 5.86. The zero-order valence-electron chi connectivity index (χ0n) is 16.2. The fourth-order valence-corrected chi connectivity index (χ4v) is 3.98. The fraction of sp³-hybridized carbons (Fsp3) is 0.286. The first-order chi connectivity index (χ1) is 14.0. The number of hydrogen-bond donors (Lipinski definition) is 0. The Kier molecular flexibility index (Phi) is 4.09. The number of carbonyl (C=O) groups excluding carboxylic acids is 1. The van der Waals surface area contributed by atoms with E-state index in [-0.39, 0.29) is 11.7 Å². The van der Waals surface area contributed by atoms with Gasteiger partial charge in [-0.15, -0.1) is 5.06 Å². The number of aromatic nitrogens is 3. The first-order valence-corrected chi connectivity index (χ1v) is 9.50. The Balaban J connectivity index is 1.73. The molecule has 3 aromatic rings. The second-order valence-corrected chi connectivity index (χ2v) is 7.35. The van der Waals surface area contributed by atoms with Crippen LogP contribution in [0.15, 0.2) is 36.5 Å². The SMILES string of the molecule is CC(=O)N1CCn2nc(-c3ccc(F)cc3)c(-c3ccnc4c3ON(C)C4)c2C1. The molecule has 0 spiro atoms. The first-order valence-electron chi connectivity index (χ1n) is 9.50. The topological polar surface area (TPSA) is 63.5 Å². The normalized spacial score (nSPS) is 15.8. The Bertz CT molecular complexity index is 1110. The van der Waals surface area contributed by atoms with Gasteiger partial charge in [0, 0.05) is 43.4 Å². The van der Waals surface area contributed by atoms with Gasteiger partial charge in [0.05, 0.1) is 25.3 Å². The van der Waals surface area contributed by atoms with Gasteiger partial charge in [0.1, 0.15) is 17.2 Å². The highest BCUT2D eigenvalue weighted by Crippen LogP contribution is 2.43. The molecule has 8 heteroatoms. The lowest BCUT2D eigenvalue weighted by Crippen LogP contribution is -2.37.